The van der Waals surface area contributed by atoms with E-state index in [1.54, 1.807) is 50.7 Å². The Kier molecular flexibility index (Phi) is 4.85. The molecule has 0 aliphatic heterocycles. The summed E-state index contributed by atoms with van der Waals surface area (Å²) < 4.78 is 11.2. The van der Waals surface area contributed by atoms with Gasteiger partial charge in [-0.1, -0.05) is 0 Å². The molecule has 6 nitrogen and oxygen atoms in total. The van der Waals surface area contributed by atoms with E-state index in [0.717, 1.165) is 5.82 Å². The van der Waals surface area contributed by atoms with E-state index in [1.807, 2.05) is 0 Å². The van der Waals surface area contributed by atoms with Gasteiger partial charge in [0.15, 0.2) is 0 Å². The minimum absolute atomic E-state index is 0.143. The van der Waals surface area contributed by atoms with Crippen LogP contribution in [0.15, 0.2) is 29.0 Å². The van der Waals surface area contributed by atoms with E-state index in [-0.39, 0.29) is 5.91 Å². The van der Waals surface area contributed by atoms with Crippen molar-refractivity contribution in [2.24, 2.45) is 0 Å². The molecule has 7 heteroatoms. The highest BCUT2D eigenvalue weighted by Crippen LogP contribution is 2.35. The first-order valence-electron chi connectivity index (χ1n) is 6.22. The molecule has 0 saturated carbocycles. The molecule has 0 saturated heterocycles. The summed E-state index contributed by atoms with van der Waals surface area (Å²) in [5.41, 5.74) is 0.487. The van der Waals surface area contributed by atoms with Crippen LogP contribution in [0.1, 0.15) is 16.2 Å². The van der Waals surface area contributed by atoms with Gasteiger partial charge in [-0.15, -0.1) is 0 Å². The molecule has 0 aliphatic rings. The van der Waals surface area contributed by atoms with Gasteiger partial charge in [0.25, 0.3) is 5.91 Å². The van der Waals surface area contributed by atoms with Crippen LogP contribution >= 0.6 is 15.9 Å². The molecule has 0 aliphatic carbocycles. The number of nitrogens with zero attached hydrogens (tertiary/aromatic N) is 2. The monoisotopic (exact) mass is 353 g/mol. The second-order valence-electron chi connectivity index (χ2n) is 4.39. The number of amides is 1. The predicted molar refractivity (Wildman–Crippen MR) is 81.6 cm³/mol. The van der Waals surface area contributed by atoms with Crippen LogP contribution in [-0.4, -0.2) is 42.0 Å². The smallest absolute Gasteiger partial charge is 0.254 e. The summed E-state index contributed by atoms with van der Waals surface area (Å²) >= 11 is 3.38. The third-order valence-corrected chi connectivity index (χ3v) is 3.76. The maximum atomic E-state index is 12.5. The first-order valence-corrected chi connectivity index (χ1v) is 7.01. The molecule has 1 heterocycles. The Balaban J connectivity index is 2.26. The normalized spacial score (nSPS) is 10.3. The number of hydrogen-bond donors (Lipinski definition) is 1. The summed E-state index contributed by atoms with van der Waals surface area (Å²) in [6.45, 7) is 0.395. The molecule has 0 spiro atoms. The molecule has 112 valence electrons. The standard InChI is InChI=1S/C14H16BrN3O3/c1-18(8-12-16-4-5-17-12)14(19)9-6-10(20-2)13(15)11(7-9)21-3/h4-7H,8H2,1-3H3,(H,16,17). The number of imidazole rings is 1. The highest BCUT2D eigenvalue weighted by molar-refractivity contribution is 9.10. The Morgan fingerprint density at radius 2 is 1.95 bits per heavy atom. The van der Waals surface area contributed by atoms with Crippen LogP contribution in [-0.2, 0) is 6.54 Å². The lowest BCUT2D eigenvalue weighted by molar-refractivity contribution is 0.0781. The number of aromatic nitrogens is 2. The zero-order chi connectivity index (χ0) is 15.4. The van der Waals surface area contributed by atoms with E-state index in [1.165, 1.54) is 0 Å². The zero-order valence-electron chi connectivity index (χ0n) is 12.0. The summed E-state index contributed by atoms with van der Waals surface area (Å²) in [5, 5.41) is 0. The van der Waals surface area contributed by atoms with Gasteiger partial charge >= 0.3 is 0 Å². The van der Waals surface area contributed by atoms with Crippen LogP contribution in [0.3, 0.4) is 0 Å². The molecule has 0 fully saturated rings. The fourth-order valence-corrected chi connectivity index (χ4v) is 2.45. The summed E-state index contributed by atoms with van der Waals surface area (Å²) in [6, 6.07) is 3.35. The van der Waals surface area contributed by atoms with E-state index in [0.29, 0.717) is 28.1 Å². The fourth-order valence-electron chi connectivity index (χ4n) is 1.89. The quantitative estimate of drug-likeness (QED) is 0.896. The van der Waals surface area contributed by atoms with Crippen molar-refractivity contribution in [2.45, 2.75) is 6.54 Å². The van der Waals surface area contributed by atoms with Crippen LogP contribution in [0.2, 0.25) is 0 Å². The maximum absolute atomic E-state index is 12.5. The van der Waals surface area contributed by atoms with Crippen molar-refractivity contribution in [1.29, 1.82) is 0 Å². The third-order valence-electron chi connectivity index (χ3n) is 2.98. The number of carbonyl (C=O) groups is 1. The van der Waals surface area contributed by atoms with Gasteiger partial charge in [-0.2, -0.15) is 0 Å². The van der Waals surface area contributed by atoms with Crippen LogP contribution in [0.25, 0.3) is 0 Å². The topological polar surface area (TPSA) is 67.5 Å². The lowest BCUT2D eigenvalue weighted by Crippen LogP contribution is -2.26. The van der Waals surface area contributed by atoms with Gasteiger partial charge in [-0.3, -0.25) is 4.79 Å². The van der Waals surface area contributed by atoms with Crippen molar-refractivity contribution in [3.63, 3.8) is 0 Å². The number of rotatable bonds is 5. The van der Waals surface area contributed by atoms with Crippen LogP contribution in [0, 0.1) is 0 Å². The molecule has 2 aromatic rings. The molecular formula is C14H16BrN3O3. The van der Waals surface area contributed by atoms with E-state index in [2.05, 4.69) is 25.9 Å². The lowest BCUT2D eigenvalue weighted by atomic mass is 10.1. The average molecular weight is 354 g/mol. The number of aromatic amines is 1. The van der Waals surface area contributed by atoms with Crippen molar-refractivity contribution in [3.05, 3.63) is 40.4 Å². The zero-order valence-corrected chi connectivity index (χ0v) is 13.6. The van der Waals surface area contributed by atoms with Crippen LogP contribution in [0.5, 0.6) is 11.5 Å². The van der Waals surface area contributed by atoms with E-state index in [4.69, 9.17) is 9.47 Å². The van der Waals surface area contributed by atoms with Gasteiger partial charge in [0, 0.05) is 25.0 Å². The second kappa shape index (κ2) is 6.62. The Labute approximate surface area is 131 Å². The SMILES string of the molecule is COc1cc(C(=O)N(C)Cc2ncc[nH]2)cc(OC)c1Br. The fraction of sp³-hybridized carbons (Fsp3) is 0.286. The first-order chi connectivity index (χ1) is 10.1. The van der Waals surface area contributed by atoms with Gasteiger partial charge in [-0.25, -0.2) is 4.98 Å². The molecule has 0 atom stereocenters. The molecule has 1 aromatic heterocycles. The number of carbonyl (C=O) groups excluding carboxylic acids is 1. The summed E-state index contributed by atoms with van der Waals surface area (Å²) in [4.78, 5) is 21.1. The maximum Gasteiger partial charge on any atom is 0.254 e. The molecule has 1 N–H and O–H groups in total. The highest BCUT2D eigenvalue weighted by Gasteiger charge is 2.18. The van der Waals surface area contributed by atoms with E-state index < -0.39 is 0 Å². The first kappa shape index (κ1) is 15.4. The molecule has 1 aromatic carbocycles. The van der Waals surface area contributed by atoms with Crippen molar-refractivity contribution in [2.75, 3.05) is 21.3 Å². The van der Waals surface area contributed by atoms with Crippen molar-refractivity contribution < 1.29 is 14.3 Å². The van der Waals surface area contributed by atoms with E-state index in [9.17, 15) is 4.79 Å². The summed E-state index contributed by atoms with van der Waals surface area (Å²) in [6.07, 6.45) is 3.37. The average Bonchev–Trinajstić information content (AvgIpc) is 2.99. The third kappa shape index (κ3) is 3.36. The molecule has 0 unspecified atom stereocenters. The van der Waals surface area contributed by atoms with Crippen molar-refractivity contribution >= 4 is 21.8 Å². The number of halogens is 1. The lowest BCUT2D eigenvalue weighted by Gasteiger charge is -2.17. The Morgan fingerprint density at radius 3 is 2.43 bits per heavy atom. The number of methoxy groups -OCH3 is 2. The Hall–Kier alpha value is -2.02. The van der Waals surface area contributed by atoms with Crippen molar-refractivity contribution in [3.8, 4) is 11.5 Å². The summed E-state index contributed by atoms with van der Waals surface area (Å²) in [7, 11) is 4.80. The number of ether oxygens (including phenoxy) is 2. The second-order valence-corrected chi connectivity index (χ2v) is 5.18. The Morgan fingerprint density at radius 1 is 1.33 bits per heavy atom. The number of benzene rings is 1. The van der Waals surface area contributed by atoms with Gasteiger partial charge in [-0.05, 0) is 28.1 Å². The van der Waals surface area contributed by atoms with Gasteiger partial charge in [0.1, 0.15) is 21.8 Å². The number of H-pyrrole nitrogens is 1. The molecular weight excluding hydrogens is 338 g/mol. The predicted octanol–water partition coefficient (Wildman–Crippen LogP) is 2.46. The molecule has 0 radical (unpaired) electrons. The minimum atomic E-state index is -0.143. The molecule has 21 heavy (non-hydrogen) atoms. The Bertz CT molecular complexity index is 603. The largest absolute Gasteiger partial charge is 0.495 e. The molecule has 0 bridgehead atoms. The summed E-state index contributed by atoms with van der Waals surface area (Å²) in [5.74, 6) is 1.67. The van der Waals surface area contributed by atoms with Crippen LogP contribution in [0.4, 0.5) is 0 Å². The van der Waals surface area contributed by atoms with Crippen molar-refractivity contribution in [1.82, 2.24) is 14.9 Å². The minimum Gasteiger partial charge on any atom is -0.495 e. The highest BCUT2D eigenvalue weighted by atomic mass is 79.9. The van der Waals surface area contributed by atoms with Gasteiger partial charge in [0.2, 0.25) is 0 Å². The number of nitrogens with one attached hydrogen (secondary N) is 1. The van der Waals surface area contributed by atoms with Gasteiger partial charge in [0.05, 0.1) is 20.8 Å². The molecule has 2 rings (SSSR count). The van der Waals surface area contributed by atoms with E-state index >= 15 is 0 Å². The molecule has 1 amide bonds. The van der Waals surface area contributed by atoms with Crippen LogP contribution < -0.4 is 9.47 Å². The number of hydrogen-bond acceptors (Lipinski definition) is 4. The van der Waals surface area contributed by atoms with Gasteiger partial charge < -0.3 is 19.4 Å².